The van der Waals surface area contributed by atoms with Crippen molar-refractivity contribution in [1.29, 1.82) is 5.41 Å². The number of ketones is 1. The maximum Gasteiger partial charge on any atom is 0.228 e. The predicted molar refractivity (Wildman–Crippen MR) is 178 cm³/mol. The monoisotopic (exact) mass is 619 g/mol. The third-order valence-corrected chi connectivity index (χ3v) is 9.93. The van der Waals surface area contributed by atoms with Crippen LogP contribution in [0.2, 0.25) is 10.0 Å². The van der Waals surface area contributed by atoms with Crippen molar-refractivity contribution in [3.63, 3.8) is 0 Å². The molecule has 1 amide bonds. The highest BCUT2D eigenvalue weighted by Gasteiger charge is 2.42. The molecular formula is C36H43Cl2N3O2. The number of halogens is 2. The Labute approximate surface area is 266 Å². The fourth-order valence-corrected chi connectivity index (χ4v) is 6.41. The second-order valence-corrected chi connectivity index (χ2v) is 14.1. The van der Waals surface area contributed by atoms with Crippen LogP contribution in [0.3, 0.4) is 0 Å². The molecule has 7 heteroatoms. The first-order chi connectivity index (χ1) is 20.2. The average Bonchev–Trinajstić information content (AvgIpc) is 2.98. The molecule has 1 aliphatic rings. The number of hydrogen-bond donors (Lipinski definition) is 2. The highest BCUT2D eigenvalue weighted by Crippen LogP contribution is 2.38. The van der Waals surface area contributed by atoms with E-state index in [1.807, 2.05) is 54.6 Å². The normalized spacial score (nSPS) is 16.8. The van der Waals surface area contributed by atoms with E-state index in [9.17, 15) is 9.59 Å². The Bertz CT molecular complexity index is 1460. The molecule has 0 aliphatic carbocycles. The van der Waals surface area contributed by atoms with Crippen LogP contribution >= 0.6 is 23.2 Å². The van der Waals surface area contributed by atoms with E-state index in [2.05, 4.69) is 44.7 Å². The van der Waals surface area contributed by atoms with Crippen LogP contribution in [0.1, 0.15) is 75.6 Å². The van der Waals surface area contributed by atoms with Crippen molar-refractivity contribution >= 4 is 40.6 Å². The minimum absolute atomic E-state index is 0.0359. The number of carbonyl (C=O) groups is 2. The van der Waals surface area contributed by atoms with E-state index in [-0.39, 0.29) is 35.7 Å². The summed E-state index contributed by atoms with van der Waals surface area (Å²) in [5, 5.41) is 9.75. The second kappa shape index (κ2) is 13.3. The molecule has 1 saturated heterocycles. The Morgan fingerprint density at radius 3 is 2.05 bits per heavy atom. The lowest BCUT2D eigenvalue weighted by atomic mass is 9.71. The van der Waals surface area contributed by atoms with Gasteiger partial charge in [0.05, 0.1) is 21.2 Å². The van der Waals surface area contributed by atoms with Gasteiger partial charge in [0, 0.05) is 12.8 Å². The van der Waals surface area contributed by atoms with Gasteiger partial charge in [-0.2, -0.15) is 0 Å². The van der Waals surface area contributed by atoms with Crippen LogP contribution in [0.5, 0.6) is 0 Å². The van der Waals surface area contributed by atoms with Crippen LogP contribution in [-0.4, -0.2) is 41.9 Å². The number of benzene rings is 3. The largest absolute Gasteiger partial charge is 0.369 e. The molecule has 0 bridgehead atoms. The van der Waals surface area contributed by atoms with Gasteiger partial charge in [0.25, 0.3) is 0 Å². The van der Waals surface area contributed by atoms with Gasteiger partial charge in [-0.3, -0.25) is 9.59 Å². The number of nitrogens with zero attached hydrogens (tertiary/aromatic N) is 1. The van der Waals surface area contributed by atoms with Crippen molar-refractivity contribution in [2.24, 2.45) is 5.73 Å². The Kier molecular flexibility index (Phi) is 10.2. The smallest absolute Gasteiger partial charge is 0.228 e. The zero-order chi connectivity index (χ0) is 31.4. The number of rotatable bonds is 11. The van der Waals surface area contributed by atoms with Crippen molar-refractivity contribution < 1.29 is 9.59 Å². The maximum absolute atomic E-state index is 13.3. The van der Waals surface area contributed by atoms with Gasteiger partial charge in [0.2, 0.25) is 5.91 Å². The van der Waals surface area contributed by atoms with Gasteiger partial charge in [-0.1, -0.05) is 112 Å². The number of amides is 1. The molecule has 228 valence electrons. The molecule has 1 heterocycles. The minimum Gasteiger partial charge on any atom is -0.369 e. The van der Waals surface area contributed by atoms with E-state index in [1.54, 1.807) is 6.07 Å². The number of piperidine rings is 1. The van der Waals surface area contributed by atoms with Crippen molar-refractivity contribution in [3.05, 3.63) is 105 Å². The Morgan fingerprint density at radius 2 is 1.49 bits per heavy atom. The van der Waals surface area contributed by atoms with Crippen LogP contribution in [0.25, 0.3) is 0 Å². The Morgan fingerprint density at radius 1 is 0.884 bits per heavy atom. The first-order valence-corrected chi connectivity index (χ1v) is 15.7. The topological polar surface area (TPSA) is 87.2 Å². The molecule has 1 atom stereocenters. The summed E-state index contributed by atoms with van der Waals surface area (Å²) in [7, 11) is 0. The summed E-state index contributed by atoms with van der Waals surface area (Å²) < 4.78 is 0. The lowest BCUT2D eigenvalue weighted by molar-refractivity contribution is -0.125. The van der Waals surface area contributed by atoms with Gasteiger partial charge in [-0.15, -0.1) is 0 Å². The van der Waals surface area contributed by atoms with Crippen molar-refractivity contribution in [3.8, 4) is 0 Å². The summed E-state index contributed by atoms with van der Waals surface area (Å²) in [6.07, 6.45) is 2.49. The minimum atomic E-state index is -0.662. The van der Waals surface area contributed by atoms with Crippen molar-refractivity contribution in [1.82, 2.24) is 4.90 Å². The summed E-state index contributed by atoms with van der Waals surface area (Å²) in [4.78, 5) is 28.3. The third-order valence-electron chi connectivity index (χ3n) is 9.19. The zero-order valence-corrected chi connectivity index (χ0v) is 27.2. The third kappa shape index (κ3) is 7.75. The van der Waals surface area contributed by atoms with Crippen molar-refractivity contribution in [2.45, 2.75) is 76.0 Å². The predicted octanol–water partition coefficient (Wildman–Crippen LogP) is 7.68. The highest BCUT2D eigenvalue weighted by atomic mass is 35.5. The zero-order valence-electron chi connectivity index (χ0n) is 25.7. The molecule has 0 radical (unpaired) electrons. The van der Waals surface area contributed by atoms with E-state index in [0.717, 1.165) is 36.3 Å². The summed E-state index contributed by atoms with van der Waals surface area (Å²) in [5.41, 5.74) is 8.94. The molecule has 5 nitrogen and oxygen atoms in total. The van der Waals surface area contributed by atoms with Gasteiger partial charge in [-0.05, 0) is 84.1 Å². The standard InChI is InChI=1S/C36H43Cl2N3O2/c1-34(2,3)26-12-10-25(11-13-26)22-32(42)31(39)24-35(4,28-14-15-29(37)30(38)23-28)16-19-41-20-17-36(18-21-41,33(40)43)27-8-6-5-7-9-27/h5-15,23,39H,16-22,24H2,1-4H3,(H2,40,43). The van der Waals surface area contributed by atoms with Gasteiger partial charge in [0.15, 0.2) is 5.78 Å². The molecule has 0 spiro atoms. The first-order valence-electron chi connectivity index (χ1n) is 15.0. The fraction of sp³-hybridized carbons (Fsp3) is 0.417. The number of nitrogens with one attached hydrogen (secondary N) is 1. The molecule has 3 aromatic carbocycles. The van der Waals surface area contributed by atoms with Gasteiger partial charge < -0.3 is 16.0 Å². The summed E-state index contributed by atoms with van der Waals surface area (Å²) in [6, 6.07) is 23.5. The molecule has 0 aromatic heterocycles. The van der Waals surface area contributed by atoms with Crippen molar-refractivity contribution in [2.75, 3.05) is 19.6 Å². The molecular weight excluding hydrogens is 577 g/mol. The van der Waals surface area contributed by atoms with E-state index >= 15 is 0 Å². The number of hydrogen-bond acceptors (Lipinski definition) is 4. The summed E-state index contributed by atoms with van der Waals surface area (Å²) in [6.45, 7) is 10.8. The van der Waals surface area contributed by atoms with Gasteiger partial charge in [-0.25, -0.2) is 0 Å². The van der Waals surface area contributed by atoms with E-state index in [1.165, 1.54) is 5.56 Å². The lowest BCUT2D eigenvalue weighted by Crippen LogP contribution is -2.50. The van der Waals surface area contributed by atoms with Crippen LogP contribution in [0.15, 0.2) is 72.8 Å². The van der Waals surface area contributed by atoms with E-state index in [4.69, 9.17) is 34.3 Å². The lowest BCUT2D eigenvalue weighted by Gasteiger charge is -2.41. The molecule has 3 N–H and O–H groups in total. The van der Waals surface area contributed by atoms with E-state index in [0.29, 0.717) is 29.3 Å². The Hall–Kier alpha value is -2.99. The molecule has 1 fully saturated rings. The number of likely N-dealkylation sites (tertiary alicyclic amines) is 1. The van der Waals surface area contributed by atoms with E-state index < -0.39 is 10.8 Å². The number of primary amides is 1. The first kappa shape index (κ1) is 32.9. The molecule has 1 unspecified atom stereocenters. The highest BCUT2D eigenvalue weighted by molar-refractivity contribution is 6.42. The number of Topliss-reactive ketones (excluding diaryl/α,β-unsaturated/α-hetero) is 1. The average molecular weight is 621 g/mol. The molecule has 3 aromatic rings. The number of nitrogens with two attached hydrogens (primary N) is 1. The van der Waals surface area contributed by atoms with Crippen LogP contribution < -0.4 is 5.73 Å². The second-order valence-electron chi connectivity index (χ2n) is 13.3. The van der Waals surface area contributed by atoms with Crippen LogP contribution in [0.4, 0.5) is 0 Å². The molecule has 43 heavy (non-hydrogen) atoms. The number of carbonyl (C=O) groups excluding carboxylic acids is 2. The molecule has 0 saturated carbocycles. The summed E-state index contributed by atoms with van der Waals surface area (Å²) in [5.74, 6) is -0.458. The maximum atomic E-state index is 13.3. The van der Waals surface area contributed by atoms with Gasteiger partial charge >= 0.3 is 0 Å². The SMILES string of the molecule is CC(C)(C)c1ccc(CC(=O)C(=N)CC(C)(CCN2CCC(C(N)=O)(c3ccccc3)CC2)c2ccc(Cl)c(Cl)c2)cc1. The summed E-state index contributed by atoms with van der Waals surface area (Å²) >= 11 is 12.7. The quantitative estimate of drug-likeness (QED) is 0.216. The molecule has 4 rings (SSSR count). The van der Waals surface area contributed by atoms with Gasteiger partial charge in [0.1, 0.15) is 0 Å². The van der Waals surface area contributed by atoms with Crippen LogP contribution in [0, 0.1) is 5.41 Å². The fourth-order valence-electron chi connectivity index (χ4n) is 6.11. The van der Waals surface area contributed by atoms with Crippen LogP contribution in [-0.2, 0) is 32.3 Å². The molecule has 1 aliphatic heterocycles. The Balaban J connectivity index is 1.47.